The summed E-state index contributed by atoms with van der Waals surface area (Å²) in [7, 11) is 0. The van der Waals surface area contributed by atoms with Crippen molar-refractivity contribution in [1.82, 2.24) is 14.8 Å². The number of fused-ring (bicyclic) bond motifs is 2. The predicted octanol–water partition coefficient (Wildman–Crippen LogP) is 5.36. The molecule has 1 unspecified atom stereocenters. The van der Waals surface area contributed by atoms with Crippen molar-refractivity contribution in [1.29, 1.82) is 0 Å². The largest absolute Gasteiger partial charge is 0.491 e. The topological polar surface area (TPSA) is 69.0 Å². The fraction of sp³-hybridized carbons (Fsp3) is 0.292. The second-order valence-electron chi connectivity index (χ2n) is 8.24. The molecular weight excluding hydrogens is 408 g/mol. The third-order valence-corrected chi connectivity index (χ3v) is 6.47. The van der Waals surface area contributed by atoms with Crippen LogP contribution in [0.15, 0.2) is 42.5 Å². The van der Waals surface area contributed by atoms with E-state index in [9.17, 15) is 4.79 Å². The minimum Gasteiger partial charge on any atom is -0.491 e. The van der Waals surface area contributed by atoms with Gasteiger partial charge in [-0.15, -0.1) is 0 Å². The highest BCUT2D eigenvalue weighted by Gasteiger charge is 2.34. The Hall–Kier alpha value is -3.19. The zero-order valence-corrected chi connectivity index (χ0v) is 18.8. The van der Waals surface area contributed by atoms with Crippen LogP contribution in [0.3, 0.4) is 0 Å². The van der Waals surface area contributed by atoms with Crippen LogP contribution in [0.25, 0.3) is 15.3 Å². The summed E-state index contributed by atoms with van der Waals surface area (Å²) in [5, 5.41) is 8.59. The average Bonchev–Trinajstić information content (AvgIpc) is 3.28. The summed E-state index contributed by atoms with van der Waals surface area (Å²) in [5.74, 6) is 1.36. The Morgan fingerprint density at radius 3 is 2.81 bits per heavy atom. The van der Waals surface area contributed by atoms with Gasteiger partial charge in [-0.3, -0.25) is 4.79 Å². The standard InChI is InChI=1S/C24H24N4O2S/c1-13(2)30-19-8-6-5-7-16(19)17-12-21(29)26-23-22(17)15(4)27-28(23)24-25-18-10-9-14(3)11-20(18)31-24/h5-11,13,17H,12H2,1-4H3,(H,26,29). The molecule has 0 bridgehead atoms. The quantitative estimate of drug-likeness (QED) is 0.471. The molecule has 6 nitrogen and oxygen atoms in total. The summed E-state index contributed by atoms with van der Waals surface area (Å²) >= 11 is 1.57. The van der Waals surface area contributed by atoms with Crippen LogP contribution in [0.5, 0.6) is 5.75 Å². The Morgan fingerprint density at radius 1 is 1.19 bits per heavy atom. The van der Waals surface area contributed by atoms with Gasteiger partial charge in [0.1, 0.15) is 11.6 Å². The third-order valence-electron chi connectivity index (χ3n) is 5.47. The van der Waals surface area contributed by atoms with Crippen LogP contribution in [-0.2, 0) is 4.79 Å². The van der Waals surface area contributed by atoms with Crippen LogP contribution < -0.4 is 10.1 Å². The van der Waals surface area contributed by atoms with E-state index in [4.69, 9.17) is 14.8 Å². The minimum absolute atomic E-state index is 0.0324. The monoisotopic (exact) mass is 432 g/mol. The van der Waals surface area contributed by atoms with E-state index in [1.54, 1.807) is 16.0 Å². The zero-order chi connectivity index (χ0) is 21.7. The molecule has 31 heavy (non-hydrogen) atoms. The highest BCUT2D eigenvalue weighted by molar-refractivity contribution is 7.20. The smallest absolute Gasteiger partial charge is 0.226 e. The van der Waals surface area contributed by atoms with Crippen molar-refractivity contribution in [2.75, 3.05) is 5.32 Å². The minimum atomic E-state index is -0.121. The molecule has 5 rings (SSSR count). The Labute approximate surface area is 184 Å². The van der Waals surface area contributed by atoms with Crippen molar-refractivity contribution in [3.63, 3.8) is 0 Å². The number of hydrogen-bond donors (Lipinski definition) is 1. The lowest BCUT2D eigenvalue weighted by Gasteiger charge is -2.26. The molecule has 4 aromatic rings. The zero-order valence-electron chi connectivity index (χ0n) is 18.0. The number of nitrogens with zero attached hydrogens (tertiary/aromatic N) is 3. The van der Waals surface area contributed by atoms with E-state index >= 15 is 0 Å². The van der Waals surface area contributed by atoms with Gasteiger partial charge in [-0.2, -0.15) is 9.78 Å². The summed E-state index contributed by atoms with van der Waals surface area (Å²) in [5.41, 5.74) is 5.04. The molecular formula is C24H24N4O2S. The van der Waals surface area contributed by atoms with E-state index in [0.717, 1.165) is 37.9 Å². The maximum Gasteiger partial charge on any atom is 0.226 e. The molecule has 1 atom stereocenters. The lowest BCUT2D eigenvalue weighted by Crippen LogP contribution is -2.25. The normalized spacial score (nSPS) is 15.9. The number of benzene rings is 2. The Morgan fingerprint density at radius 2 is 2.00 bits per heavy atom. The number of hydrogen-bond acceptors (Lipinski definition) is 5. The summed E-state index contributed by atoms with van der Waals surface area (Å²) < 4.78 is 8.94. The summed E-state index contributed by atoms with van der Waals surface area (Å²) in [6, 6.07) is 14.2. The highest BCUT2D eigenvalue weighted by Crippen LogP contribution is 2.43. The number of para-hydroxylation sites is 1. The molecule has 158 valence electrons. The van der Waals surface area contributed by atoms with E-state index in [1.165, 1.54) is 5.56 Å². The first-order chi connectivity index (χ1) is 14.9. The Kier molecular flexibility index (Phi) is 4.78. The van der Waals surface area contributed by atoms with Crippen LogP contribution in [0.4, 0.5) is 5.82 Å². The number of carbonyl (C=O) groups is 1. The van der Waals surface area contributed by atoms with Gasteiger partial charge in [-0.05, 0) is 51.5 Å². The number of ether oxygens (including phenoxy) is 1. The number of nitrogens with one attached hydrogen (secondary N) is 1. The number of rotatable bonds is 4. The highest BCUT2D eigenvalue weighted by atomic mass is 32.1. The Bertz CT molecular complexity index is 1300. The van der Waals surface area contributed by atoms with Crippen molar-refractivity contribution >= 4 is 33.3 Å². The molecule has 2 aromatic carbocycles. The van der Waals surface area contributed by atoms with Gasteiger partial charge in [0, 0.05) is 23.5 Å². The SMILES string of the molecule is Cc1ccc2nc(-n3nc(C)c4c3NC(=O)CC4c3ccccc3OC(C)C)sc2c1. The molecule has 3 heterocycles. The van der Waals surface area contributed by atoms with Crippen molar-refractivity contribution < 1.29 is 9.53 Å². The second-order valence-corrected chi connectivity index (χ2v) is 9.25. The van der Waals surface area contributed by atoms with Crippen molar-refractivity contribution in [2.45, 2.75) is 46.1 Å². The molecule has 0 spiro atoms. The van der Waals surface area contributed by atoms with Crippen molar-refractivity contribution in [3.8, 4) is 10.9 Å². The number of aryl methyl sites for hydroxylation is 2. The number of carbonyl (C=O) groups excluding carboxylic acids is 1. The van der Waals surface area contributed by atoms with E-state index in [-0.39, 0.29) is 17.9 Å². The molecule has 7 heteroatoms. The van der Waals surface area contributed by atoms with Crippen molar-refractivity contribution in [2.24, 2.45) is 0 Å². The first-order valence-corrected chi connectivity index (χ1v) is 11.2. The van der Waals surface area contributed by atoms with Crippen molar-refractivity contribution in [3.05, 3.63) is 64.8 Å². The number of anilines is 1. The van der Waals surface area contributed by atoms with Crippen LogP contribution in [0.2, 0.25) is 0 Å². The Balaban J connectivity index is 1.65. The molecule has 1 N–H and O–H groups in total. The van der Waals surface area contributed by atoms with Gasteiger partial charge >= 0.3 is 0 Å². The third kappa shape index (κ3) is 3.49. The second kappa shape index (κ2) is 7.50. The molecule has 0 fully saturated rings. The van der Waals surface area contributed by atoms with E-state index in [2.05, 4.69) is 24.4 Å². The fourth-order valence-electron chi connectivity index (χ4n) is 4.19. The van der Waals surface area contributed by atoms with Gasteiger partial charge in [-0.25, -0.2) is 4.98 Å². The van der Waals surface area contributed by atoms with Gasteiger partial charge in [0.15, 0.2) is 0 Å². The van der Waals surface area contributed by atoms with E-state index in [1.807, 2.05) is 51.1 Å². The van der Waals surface area contributed by atoms with E-state index < -0.39 is 0 Å². The van der Waals surface area contributed by atoms with Gasteiger partial charge < -0.3 is 10.1 Å². The van der Waals surface area contributed by atoms with Gasteiger partial charge in [-0.1, -0.05) is 35.6 Å². The average molecular weight is 433 g/mol. The molecule has 0 saturated carbocycles. The van der Waals surface area contributed by atoms with Gasteiger partial charge in [0.2, 0.25) is 11.0 Å². The van der Waals surface area contributed by atoms with Crippen LogP contribution in [-0.4, -0.2) is 26.8 Å². The molecule has 1 aliphatic rings. The summed E-state index contributed by atoms with van der Waals surface area (Å²) in [6.07, 6.45) is 0.407. The number of amides is 1. The lowest BCUT2D eigenvalue weighted by atomic mass is 9.85. The maximum absolute atomic E-state index is 12.7. The first-order valence-electron chi connectivity index (χ1n) is 10.4. The number of aromatic nitrogens is 3. The predicted molar refractivity (Wildman–Crippen MR) is 124 cm³/mol. The first kappa shape index (κ1) is 19.8. The molecule has 1 aliphatic heterocycles. The fourth-order valence-corrected chi connectivity index (χ4v) is 5.21. The summed E-state index contributed by atoms with van der Waals surface area (Å²) in [6.45, 7) is 8.07. The van der Waals surface area contributed by atoms with Crippen LogP contribution in [0, 0.1) is 13.8 Å². The molecule has 0 saturated heterocycles. The number of thiazole rings is 1. The molecule has 2 aromatic heterocycles. The van der Waals surface area contributed by atoms with Crippen LogP contribution in [0.1, 0.15) is 48.6 Å². The summed E-state index contributed by atoms with van der Waals surface area (Å²) in [4.78, 5) is 17.5. The molecule has 1 amide bonds. The van der Waals surface area contributed by atoms with Crippen LogP contribution >= 0.6 is 11.3 Å². The van der Waals surface area contributed by atoms with E-state index in [0.29, 0.717) is 12.2 Å². The lowest BCUT2D eigenvalue weighted by molar-refractivity contribution is -0.116. The molecule has 0 radical (unpaired) electrons. The maximum atomic E-state index is 12.7. The molecule has 0 aliphatic carbocycles. The van der Waals surface area contributed by atoms with Gasteiger partial charge in [0.05, 0.1) is 22.0 Å². The van der Waals surface area contributed by atoms with Gasteiger partial charge in [0.25, 0.3) is 0 Å².